The summed E-state index contributed by atoms with van der Waals surface area (Å²) in [5, 5.41) is 0. The highest BCUT2D eigenvalue weighted by atomic mass is 16.5. The Labute approximate surface area is 133 Å². The van der Waals surface area contributed by atoms with Crippen molar-refractivity contribution in [3.8, 4) is 11.5 Å². The molecule has 0 spiro atoms. The first-order chi connectivity index (χ1) is 10.8. The molecule has 22 heavy (non-hydrogen) atoms. The lowest BCUT2D eigenvalue weighted by atomic mass is 9.80. The van der Waals surface area contributed by atoms with Crippen LogP contribution in [0.25, 0.3) is 0 Å². The summed E-state index contributed by atoms with van der Waals surface area (Å²) in [4.78, 5) is 0. The summed E-state index contributed by atoms with van der Waals surface area (Å²) in [6, 6.07) is 16.5. The molecule has 1 aliphatic rings. The number of ether oxygens (including phenoxy) is 2. The minimum atomic E-state index is 0.191. The molecule has 2 aromatic rings. The van der Waals surface area contributed by atoms with Gasteiger partial charge in [0.25, 0.3) is 0 Å². The standard InChI is InChI=1S/C20H19O2/c1-21-18-12-10-16(11-13-18)20(15-6-3-4-7-15)17-8-5-9-19(14-17)22-2/h3-14,20H,1-2H3. The number of rotatable bonds is 5. The lowest BCUT2D eigenvalue weighted by Gasteiger charge is -2.24. The van der Waals surface area contributed by atoms with Crippen LogP contribution in [0, 0.1) is 31.6 Å². The number of hydrogen-bond donors (Lipinski definition) is 0. The van der Waals surface area contributed by atoms with Crippen molar-refractivity contribution >= 4 is 0 Å². The van der Waals surface area contributed by atoms with E-state index in [1.54, 1.807) is 14.2 Å². The van der Waals surface area contributed by atoms with Gasteiger partial charge in [-0.1, -0.05) is 24.3 Å². The summed E-state index contributed by atoms with van der Waals surface area (Å²) in [5.74, 6) is 3.22. The summed E-state index contributed by atoms with van der Waals surface area (Å²) in [6.07, 6.45) is 8.47. The lowest BCUT2D eigenvalue weighted by molar-refractivity contribution is 0.413. The third kappa shape index (κ3) is 3.11. The maximum atomic E-state index is 5.37. The van der Waals surface area contributed by atoms with Gasteiger partial charge in [0.05, 0.1) is 14.2 Å². The third-order valence-corrected chi connectivity index (χ3v) is 3.90. The van der Waals surface area contributed by atoms with E-state index in [0.29, 0.717) is 0 Å². The maximum absolute atomic E-state index is 5.37. The Bertz CT molecular complexity index is 597. The van der Waals surface area contributed by atoms with Gasteiger partial charge < -0.3 is 9.47 Å². The molecular weight excluding hydrogens is 272 g/mol. The van der Waals surface area contributed by atoms with E-state index in [1.165, 1.54) is 17.0 Å². The van der Waals surface area contributed by atoms with Gasteiger partial charge in [0.2, 0.25) is 0 Å². The summed E-state index contributed by atoms with van der Waals surface area (Å²) >= 11 is 0. The molecule has 0 aliphatic heterocycles. The van der Waals surface area contributed by atoms with E-state index in [0.717, 1.165) is 11.5 Å². The quantitative estimate of drug-likeness (QED) is 0.820. The minimum absolute atomic E-state index is 0.191. The van der Waals surface area contributed by atoms with Crippen molar-refractivity contribution in [3.05, 3.63) is 91.3 Å². The van der Waals surface area contributed by atoms with Crippen molar-refractivity contribution in [2.45, 2.75) is 5.92 Å². The predicted molar refractivity (Wildman–Crippen MR) is 88.3 cm³/mol. The van der Waals surface area contributed by atoms with Gasteiger partial charge in [0.1, 0.15) is 11.5 Å². The fraction of sp³-hybridized carbons (Fsp3) is 0.150. The molecule has 1 unspecified atom stereocenters. The largest absolute Gasteiger partial charge is 0.497 e. The van der Waals surface area contributed by atoms with Gasteiger partial charge in [-0.25, -0.2) is 0 Å². The van der Waals surface area contributed by atoms with E-state index >= 15 is 0 Å². The lowest BCUT2D eigenvalue weighted by Crippen LogP contribution is -2.10. The van der Waals surface area contributed by atoms with Crippen LogP contribution in [-0.4, -0.2) is 14.2 Å². The zero-order valence-corrected chi connectivity index (χ0v) is 12.8. The van der Waals surface area contributed by atoms with Crippen molar-refractivity contribution in [1.29, 1.82) is 0 Å². The van der Waals surface area contributed by atoms with Crippen molar-refractivity contribution in [3.63, 3.8) is 0 Å². The Morgan fingerprint density at radius 3 is 2.05 bits per heavy atom. The second-order valence-electron chi connectivity index (χ2n) is 5.20. The highest BCUT2D eigenvalue weighted by molar-refractivity contribution is 5.51. The Balaban J connectivity index is 1.98. The first-order valence-corrected chi connectivity index (χ1v) is 7.31. The van der Waals surface area contributed by atoms with Gasteiger partial charge in [-0.3, -0.25) is 0 Å². The summed E-state index contributed by atoms with van der Waals surface area (Å²) in [6.45, 7) is 0. The van der Waals surface area contributed by atoms with Gasteiger partial charge >= 0.3 is 0 Å². The first-order valence-electron chi connectivity index (χ1n) is 7.31. The molecule has 0 N–H and O–H groups in total. The molecule has 2 nitrogen and oxygen atoms in total. The number of benzene rings is 2. The fourth-order valence-electron chi connectivity index (χ4n) is 2.78. The van der Waals surface area contributed by atoms with Crippen molar-refractivity contribution in [1.82, 2.24) is 0 Å². The summed E-state index contributed by atoms with van der Waals surface area (Å²) < 4.78 is 10.6. The van der Waals surface area contributed by atoms with Crippen LogP contribution in [0.5, 0.6) is 11.5 Å². The first kappa shape index (κ1) is 15.0. The normalized spacial score (nSPS) is 16.5. The smallest absolute Gasteiger partial charge is 0.119 e. The molecule has 2 heteroatoms. The molecule has 1 fully saturated rings. The molecule has 3 rings (SSSR count). The van der Waals surface area contributed by atoms with Crippen molar-refractivity contribution in [2.75, 3.05) is 14.2 Å². The molecule has 1 saturated carbocycles. The topological polar surface area (TPSA) is 18.5 Å². The third-order valence-electron chi connectivity index (χ3n) is 3.90. The van der Waals surface area contributed by atoms with Crippen LogP contribution < -0.4 is 9.47 Å². The van der Waals surface area contributed by atoms with Gasteiger partial charge in [0, 0.05) is 5.92 Å². The molecule has 0 amide bonds. The number of methoxy groups -OCH3 is 2. The van der Waals surface area contributed by atoms with Crippen LogP contribution in [0.1, 0.15) is 17.0 Å². The molecule has 0 heterocycles. The second-order valence-corrected chi connectivity index (χ2v) is 5.20. The zero-order valence-electron chi connectivity index (χ0n) is 12.8. The van der Waals surface area contributed by atoms with Crippen molar-refractivity contribution in [2.24, 2.45) is 0 Å². The van der Waals surface area contributed by atoms with E-state index in [4.69, 9.17) is 9.47 Å². The van der Waals surface area contributed by atoms with E-state index in [2.05, 4.69) is 49.9 Å². The van der Waals surface area contributed by atoms with Gasteiger partial charge in [-0.05, 0) is 67.0 Å². The van der Waals surface area contributed by atoms with E-state index in [9.17, 15) is 0 Å². The zero-order chi connectivity index (χ0) is 15.4. The van der Waals surface area contributed by atoms with E-state index < -0.39 is 0 Å². The SMILES string of the molecule is COc1ccc(C([C]2[CH][CH][CH][CH]2)c2cccc(OC)c2)cc1. The fourth-order valence-corrected chi connectivity index (χ4v) is 2.78. The molecule has 1 atom stereocenters. The molecule has 0 aromatic heterocycles. The Kier molecular flexibility index (Phi) is 4.67. The monoisotopic (exact) mass is 291 g/mol. The molecule has 1 aliphatic carbocycles. The van der Waals surface area contributed by atoms with Crippen molar-refractivity contribution < 1.29 is 9.47 Å². The summed E-state index contributed by atoms with van der Waals surface area (Å²) in [5.41, 5.74) is 2.45. The number of hydrogen-bond acceptors (Lipinski definition) is 2. The molecule has 0 saturated heterocycles. The molecule has 0 bridgehead atoms. The van der Waals surface area contributed by atoms with Gasteiger partial charge in [-0.2, -0.15) is 0 Å². The Morgan fingerprint density at radius 1 is 0.727 bits per heavy atom. The molecular formula is C20H19O2. The minimum Gasteiger partial charge on any atom is -0.497 e. The summed E-state index contributed by atoms with van der Waals surface area (Å²) in [7, 11) is 3.38. The molecule has 2 aromatic carbocycles. The highest BCUT2D eigenvalue weighted by Gasteiger charge is 2.29. The van der Waals surface area contributed by atoms with E-state index in [-0.39, 0.29) is 5.92 Å². The highest BCUT2D eigenvalue weighted by Crippen LogP contribution is 2.42. The van der Waals surface area contributed by atoms with Crippen LogP contribution in [0.15, 0.2) is 48.5 Å². The molecule has 111 valence electrons. The maximum Gasteiger partial charge on any atom is 0.119 e. The van der Waals surface area contributed by atoms with E-state index in [1.807, 2.05) is 24.3 Å². The molecule has 5 radical (unpaired) electrons. The van der Waals surface area contributed by atoms with Gasteiger partial charge in [0.15, 0.2) is 0 Å². The second kappa shape index (κ2) is 6.87. The van der Waals surface area contributed by atoms with Crippen LogP contribution in [0.2, 0.25) is 0 Å². The Hall–Kier alpha value is -1.96. The average molecular weight is 291 g/mol. The van der Waals surface area contributed by atoms with Crippen LogP contribution in [0.4, 0.5) is 0 Å². The average Bonchev–Trinajstić information content (AvgIpc) is 3.10. The van der Waals surface area contributed by atoms with Crippen LogP contribution in [0.3, 0.4) is 0 Å². The van der Waals surface area contributed by atoms with Gasteiger partial charge in [-0.15, -0.1) is 0 Å². The van der Waals surface area contributed by atoms with Crippen LogP contribution >= 0.6 is 0 Å². The van der Waals surface area contributed by atoms with Crippen LogP contribution in [-0.2, 0) is 0 Å². The predicted octanol–water partition coefficient (Wildman–Crippen LogP) is 4.24. The Morgan fingerprint density at radius 2 is 1.41 bits per heavy atom.